The number of carbonyl (C=O) groups excluding carboxylic acids is 1. The second kappa shape index (κ2) is 8.60. The number of carbonyl (C=O) groups is 1. The molecular weight excluding hydrogens is 356 g/mol. The van der Waals surface area contributed by atoms with E-state index in [1.807, 2.05) is 22.4 Å². The Morgan fingerprint density at radius 1 is 1.19 bits per heavy atom. The largest absolute Gasteiger partial charge is 0.330 e. The smallest absolute Gasteiger partial charge is 0.317 e. The molecule has 2 amide bonds. The van der Waals surface area contributed by atoms with Gasteiger partial charge in [-0.25, -0.2) is 13.6 Å². The van der Waals surface area contributed by atoms with Crippen LogP contribution < -0.4 is 5.32 Å². The van der Waals surface area contributed by atoms with Gasteiger partial charge in [-0.2, -0.15) is 0 Å². The Bertz CT molecular complexity index is 730. The molecule has 1 aliphatic heterocycles. The molecule has 1 fully saturated rings. The van der Waals surface area contributed by atoms with E-state index in [0.29, 0.717) is 32.7 Å². The minimum Gasteiger partial charge on any atom is -0.330 e. The molecule has 0 unspecified atom stereocenters. The predicted molar refractivity (Wildman–Crippen MR) is 99.1 cm³/mol. The second-order valence-electron chi connectivity index (χ2n) is 6.44. The highest BCUT2D eigenvalue weighted by Crippen LogP contribution is 2.22. The van der Waals surface area contributed by atoms with Crippen LogP contribution in [0.2, 0.25) is 0 Å². The zero-order chi connectivity index (χ0) is 18.5. The van der Waals surface area contributed by atoms with Crippen LogP contribution in [0, 0.1) is 11.6 Å². The molecule has 0 spiro atoms. The van der Waals surface area contributed by atoms with Crippen molar-refractivity contribution in [2.24, 2.45) is 0 Å². The lowest BCUT2D eigenvalue weighted by molar-refractivity contribution is 0.133. The van der Waals surface area contributed by atoms with Gasteiger partial charge < -0.3 is 10.2 Å². The van der Waals surface area contributed by atoms with Crippen molar-refractivity contribution >= 4 is 17.4 Å². The summed E-state index contributed by atoms with van der Waals surface area (Å²) in [4.78, 5) is 17.6. The van der Waals surface area contributed by atoms with E-state index in [4.69, 9.17) is 0 Å². The van der Waals surface area contributed by atoms with Gasteiger partial charge in [-0.05, 0) is 35.6 Å². The van der Waals surface area contributed by atoms with E-state index in [2.05, 4.69) is 17.1 Å². The summed E-state index contributed by atoms with van der Waals surface area (Å²) in [5, 5.41) is 5.12. The summed E-state index contributed by atoms with van der Waals surface area (Å²) in [6.07, 6.45) is 0.850. The molecule has 3 rings (SSSR count). The van der Waals surface area contributed by atoms with Crippen molar-refractivity contribution in [3.05, 3.63) is 57.8 Å². The van der Waals surface area contributed by atoms with Crippen molar-refractivity contribution in [1.29, 1.82) is 0 Å². The fourth-order valence-corrected chi connectivity index (χ4v) is 3.97. The minimum atomic E-state index is -0.827. The van der Waals surface area contributed by atoms with Crippen LogP contribution in [0.5, 0.6) is 0 Å². The molecular formula is C19H23F2N3OS. The molecule has 1 aromatic carbocycles. The number of nitrogens with one attached hydrogen (secondary N) is 1. The maximum Gasteiger partial charge on any atom is 0.317 e. The Kier molecular flexibility index (Phi) is 6.21. The van der Waals surface area contributed by atoms with Gasteiger partial charge in [-0.15, -0.1) is 11.3 Å². The zero-order valence-corrected chi connectivity index (χ0v) is 15.6. The summed E-state index contributed by atoms with van der Waals surface area (Å²) in [7, 11) is 0. The number of hydrogen-bond donors (Lipinski definition) is 1. The molecule has 2 aromatic rings. The number of benzene rings is 1. The van der Waals surface area contributed by atoms with Gasteiger partial charge in [0.2, 0.25) is 0 Å². The molecule has 0 radical (unpaired) electrons. The third-order valence-corrected chi connectivity index (χ3v) is 5.63. The molecule has 1 N–H and O–H groups in total. The number of urea groups is 1. The first-order valence-electron chi connectivity index (χ1n) is 8.82. The summed E-state index contributed by atoms with van der Waals surface area (Å²) < 4.78 is 26.3. The van der Waals surface area contributed by atoms with Gasteiger partial charge in [0, 0.05) is 37.6 Å². The standard InChI is InChI=1S/C19H23F2N3OS/c1-2-17(18-4-3-11-26-18)22-19(25)24-9-7-23(8-10-24)13-14-5-6-15(20)16(21)12-14/h3-6,11-12,17H,2,7-10,13H2,1H3,(H,22,25)/t17-/m1/s1. The first-order chi connectivity index (χ1) is 12.6. The fraction of sp³-hybridized carbons (Fsp3) is 0.421. The topological polar surface area (TPSA) is 35.6 Å². The summed E-state index contributed by atoms with van der Waals surface area (Å²) >= 11 is 1.65. The molecule has 0 bridgehead atoms. The molecule has 140 valence electrons. The molecule has 4 nitrogen and oxygen atoms in total. The van der Waals surface area contributed by atoms with Crippen molar-refractivity contribution in [2.75, 3.05) is 26.2 Å². The van der Waals surface area contributed by atoms with Gasteiger partial charge in [-0.3, -0.25) is 4.90 Å². The zero-order valence-electron chi connectivity index (χ0n) is 14.8. The maximum absolute atomic E-state index is 13.3. The van der Waals surface area contributed by atoms with E-state index < -0.39 is 11.6 Å². The molecule has 2 heterocycles. The quantitative estimate of drug-likeness (QED) is 0.852. The van der Waals surface area contributed by atoms with E-state index in [1.165, 1.54) is 6.07 Å². The monoisotopic (exact) mass is 379 g/mol. The lowest BCUT2D eigenvalue weighted by atomic mass is 10.2. The van der Waals surface area contributed by atoms with Crippen molar-refractivity contribution in [3.8, 4) is 0 Å². The highest BCUT2D eigenvalue weighted by atomic mass is 32.1. The average Bonchev–Trinajstić information content (AvgIpc) is 3.18. The number of rotatable bonds is 5. The average molecular weight is 379 g/mol. The maximum atomic E-state index is 13.3. The molecule has 1 aromatic heterocycles. The van der Waals surface area contributed by atoms with Gasteiger partial charge in [0.05, 0.1) is 6.04 Å². The summed E-state index contributed by atoms with van der Waals surface area (Å²) in [6.45, 7) is 5.28. The van der Waals surface area contributed by atoms with Gasteiger partial charge in [-0.1, -0.05) is 19.1 Å². The second-order valence-corrected chi connectivity index (χ2v) is 7.42. The Morgan fingerprint density at radius 2 is 1.96 bits per heavy atom. The highest BCUT2D eigenvalue weighted by molar-refractivity contribution is 7.10. The van der Waals surface area contributed by atoms with Crippen molar-refractivity contribution < 1.29 is 13.6 Å². The minimum absolute atomic E-state index is 0.0438. The van der Waals surface area contributed by atoms with Crippen LogP contribution in [0.4, 0.5) is 13.6 Å². The Balaban J connectivity index is 1.49. The van der Waals surface area contributed by atoms with Gasteiger partial charge >= 0.3 is 6.03 Å². The van der Waals surface area contributed by atoms with Gasteiger partial charge in [0.25, 0.3) is 0 Å². The first-order valence-corrected chi connectivity index (χ1v) is 9.70. The van der Waals surface area contributed by atoms with Crippen LogP contribution in [0.25, 0.3) is 0 Å². The normalized spacial score (nSPS) is 16.5. The number of halogens is 2. The van der Waals surface area contributed by atoms with Crippen LogP contribution in [-0.4, -0.2) is 42.0 Å². The number of nitrogens with zero attached hydrogens (tertiary/aromatic N) is 2. The van der Waals surface area contributed by atoms with Gasteiger partial charge in [0.1, 0.15) is 0 Å². The number of hydrogen-bond acceptors (Lipinski definition) is 3. The SMILES string of the molecule is CC[C@@H](NC(=O)N1CCN(Cc2ccc(F)c(F)c2)CC1)c1cccs1. The molecule has 0 saturated carbocycles. The summed E-state index contributed by atoms with van der Waals surface area (Å²) in [5.74, 6) is -1.65. The van der Waals surface area contributed by atoms with Crippen molar-refractivity contribution in [2.45, 2.75) is 25.9 Å². The van der Waals surface area contributed by atoms with E-state index in [9.17, 15) is 13.6 Å². The van der Waals surface area contributed by atoms with Crippen LogP contribution in [0.3, 0.4) is 0 Å². The number of piperazine rings is 1. The molecule has 26 heavy (non-hydrogen) atoms. The number of thiophene rings is 1. The van der Waals surface area contributed by atoms with E-state index in [-0.39, 0.29) is 12.1 Å². The van der Waals surface area contributed by atoms with E-state index >= 15 is 0 Å². The molecule has 0 aliphatic carbocycles. The van der Waals surface area contributed by atoms with Crippen LogP contribution >= 0.6 is 11.3 Å². The van der Waals surface area contributed by atoms with Crippen LogP contribution in [-0.2, 0) is 6.54 Å². The van der Waals surface area contributed by atoms with Gasteiger partial charge in [0.15, 0.2) is 11.6 Å². The Morgan fingerprint density at radius 3 is 2.58 bits per heavy atom. The third-order valence-electron chi connectivity index (χ3n) is 4.64. The van der Waals surface area contributed by atoms with E-state index in [0.717, 1.165) is 22.9 Å². The van der Waals surface area contributed by atoms with E-state index in [1.54, 1.807) is 17.4 Å². The fourth-order valence-electron chi connectivity index (χ4n) is 3.11. The molecule has 1 atom stereocenters. The summed E-state index contributed by atoms with van der Waals surface area (Å²) in [5.41, 5.74) is 0.741. The molecule has 1 aliphatic rings. The molecule has 7 heteroatoms. The first kappa shape index (κ1) is 18.8. The Labute approximate surface area is 156 Å². The summed E-state index contributed by atoms with van der Waals surface area (Å²) in [6, 6.07) is 8.03. The highest BCUT2D eigenvalue weighted by Gasteiger charge is 2.23. The van der Waals surface area contributed by atoms with Crippen LogP contribution in [0.15, 0.2) is 35.7 Å². The van der Waals surface area contributed by atoms with Crippen LogP contribution in [0.1, 0.15) is 29.8 Å². The van der Waals surface area contributed by atoms with Crippen molar-refractivity contribution in [3.63, 3.8) is 0 Å². The lowest BCUT2D eigenvalue weighted by Gasteiger charge is -2.35. The third kappa shape index (κ3) is 4.59. The number of amides is 2. The van der Waals surface area contributed by atoms with Crippen molar-refractivity contribution in [1.82, 2.24) is 15.1 Å². The predicted octanol–water partition coefficient (Wildman–Crippen LogP) is 4.00. The molecule has 1 saturated heterocycles. The lowest BCUT2D eigenvalue weighted by Crippen LogP contribution is -2.51. The Hall–Kier alpha value is -1.99.